The molecule has 1 aliphatic heterocycles. The highest BCUT2D eigenvalue weighted by molar-refractivity contribution is 7.92. The number of benzene rings is 2. The highest BCUT2D eigenvalue weighted by atomic mass is 32.2. The van der Waals surface area contributed by atoms with Crippen molar-refractivity contribution in [2.24, 2.45) is 0 Å². The van der Waals surface area contributed by atoms with Crippen molar-refractivity contribution >= 4 is 15.7 Å². The average molecular weight is 345 g/mol. The molecule has 1 unspecified atom stereocenters. The Morgan fingerprint density at radius 1 is 1.08 bits per heavy atom. The number of aliphatic hydroxyl groups is 1. The lowest BCUT2D eigenvalue weighted by Crippen LogP contribution is -2.42. The molecule has 5 heteroatoms. The number of hydrogen-bond donors (Lipinski definition) is 1. The highest BCUT2D eigenvalue weighted by Gasteiger charge is 2.37. The standard InChI is InChI=1S/C19H23NO3S/c1-14(2)15-8-10-16(11-9-15)24(22,23)20-13-12-19(3,21)17-6-4-5-7-18(17)20/h4-11,14,21H,12-13H2,1-3H3. The number of hydrogen-bond acceptors (Lipinski definition) is 3. The number of rotatable bonds is 3. The molecule has 2 aromatic carbocycles. The van der Waals surface area contributed by atoms with Crippen LogP contribution in [0.3, 0.4) is 0 Å². The third kappa shape index (κ3) is 2.82. The zero-order valence-electron chi connectivity index (χ0n) is 14.2. The summed E-state index contributed by atoms with van der Waals surface area (Å²) in [6, 6.07) is 14.2. The molecule has 1 N–H and O–H groups in total. The Hall–Kier alpha value is -1.85. The van der Waals surface area contributed by atoms with E-state index < -0.39 is 15.6 Å². The van der Waals surface area contributed by atoms with Gasteiger partial charge in [-0.05, 0) is 43.0 Å². The number of para-hydroxylation sites is 1. The molecule has 0 aliphatic carbocycles. The minimum atomic E-state index is -3.65. The SMILES string of the molecule is CC(C)c1ccc(S(=O)(=O)N2CCC(C)(O)c3ccccc32)cc1. The maximum atomic E-state index is 13.1. The molecule has 128 valence electrons. The normalized spacial score (nSPS) is 21.0. The molecule has 0 saturated heterocycles. The lowest BCUT2D eigenvalue weighted by atomic mass is 9.88. The predicted octanol–water partition coefficient (Wildman–Crippen LogP) is 3.62. The molecular formula is C19H23NO3S. The van der Waals surface area contributed by atoms with E-state index in [9.17, 15) is 13.5 Å². The van der Waals surface area contributed by atoms with E-state index in [1.165, 1.54) is 4.31 Å². The second-order valence-corrected chi connectivity index (χ2v) is 8.70. The average Bonchev–Trinajstić information content (AvgIpc) is 2.55. The summed E-state index contributed by atoms with van der Waals surface area (Å²) in [5.41, 5.74) is 1.31. The topological polar surface area (TPSA) is 57.6 Å². The van der Waals surface area contributed by atoms with E-state index in [1.807, 2.05) is 18.2 Å². The maximum Gasteiger partial charge on any atom is 0.264 e. The van der Waals surface area contributed by atoms with Gasteiger partial charge in [-0.1, -0.05) is 44.2 Å². The van der Waals surface area contributed by atoms with Gasteiger partial charge in [-0.3, -0.25) is 4.31 Å². The molecule has 1 atom stereocenters. The molecular weight excluding hydrogens is 322 g/mol. The van der Waals surface area contributed by atoms with Gasteiger partial charge in [0.05, 0.1) is 16.2 Å². The van der Waals surface area contributed by atoms with Crippen molar-refractivity contribution in [3.05, 3.63) is 59.7 Å². The van der Waals surface area contributed by atoms with Crippen LogP contribution in [-0.4, -0.2) is 20.1 Å². The van der Waals surface area contributed by atoms with Gasteiger partial charge in [0, 0.05) is 12.1 Å². The van der Waals surface area contributed by atoms with Crippen LogP contribution in [-0.2, 0) is 15.6 Å². The Balaban J connectivity index is 2.05. The zero-order valence-corrected chi connectivity index (χ0v) is 15.0. The van der Waals surface area contributed by atoms with Gasteiger partial charge < -0.3 is 5.11 Å². The van der Waals surface area contributed by atoms with Gasteiger partial charge in [0.15, 0.2) is 0 Å². The summed E-state index contributed by atoms with van der Waals surface area (Å²) in [5.74, 6) is 0.354. The number of fused-ring (bicyclic) bond motifs is 1. The summed E-state index contributed by atoms with van der Waals surface area (Å²) in [4.78, 5) is 0.281. The monoisotopic (exact) mass is 345 g/mol. The third-order valence-corrected chi connectivity index (χ3v) is 6.52. The Labute approximate surface area is 143 Å². The van der Waals surface area contributed by atoms with Crippen molar-refractivity contribution in [2.75, 3.05) is 10.8 Å². The van der Waals surface area contributed by atoms with Crippen molar-refractivity contribution in [3.63, 3.8) is 0 Å². The van der Waals surface area contributed by atoms with Crippen LogP contribution in [0.15, 0.2) is 53.4 Å². The molecule has 0 spiro atoms. The summed E-state index contributed by atoms with van der Waals surface area (Å²) in [6.07, 6.45) is 0.368. The van der Waals surface area contributed by atoms with Crippen molar-refractivity contribution in [1.82, 2.24) is 0 Å². The fourth-order valence-electron chi connectivity index (χ4n) is 3.12. The molecule has 1 aliphatic rings. The molecule has 0 saturated carbocycles. The minimum Gasteiger partial charge on any atom is -0.385 e. The number of anilines is 1. The minimum absolute atomic E-state index is 0.262. The van der Waals surface area contributed by atoms with E-state index in [0.29, 0.717) is 23.6 Å². The van der Waals surface area contributed by atoms with E-state index >= 15 is 0 Å². The number of sulfonamides is 1. The maximum absolute atomic E-state index is 13.1. The van der Waals surface area contributed by atoms with Crippen LogP contribution in [0.5, 0.6) is 0 Å². The quantitative estimate of drug-likeness (QED) is 0.924. The fraction of sp³-hybridized carbons (Fsp3) is 0.368. The van der Waals surface area contributed by atoms with Crippen molar-refractivity contribution in [1.29, 1.82) is 0 Å². The lowest BCUT2D eigenvalue weighted by molar-refractivity contribution is 0.0472. The van der Waals surface area contributed by atoms with Gasteiger partial charge >= 0.3 is 0 Å². The molecule has 0 fully saturated rings. The van der Waals surface area contributed by atoms with Crippen molar-refractivity contribution in [3.8, 4) is 0 Å². The molecule has 0 amide bonds. The van der Waals surface area contributed by atoms with Gasteiger partial charge in [0.2, 0.25) is 0 Å². The largest absolute Gasteiger partial charge is 0.385 e. The fourth-order valence-corrected chi connectivity index (χ4v) is 4.61. The van der Waals surface area contributed by atoms with E-state index in [1.54, 1.807) is 37.3 Å². The Morgan fingerprint density at radius 2 is 1.71 bits per heavy atom. The second-order valence-electron chi connectivity index (χ2n) is 6.84. The lowest BCUT2D eigenvalue weighted by Gasteiger charge is -2.38. The molecule has 1 heterocycles. The van der Waals surface area contributed by atoms with Crippen LogP contribution in [0.4, 0.5) is 5.69 Å². The van der Waals surface area contributed by atoms with Crippen molar-refractivity contribution < 1.29 is 13.5 Å². The molecule has 0 radical (unpaired) electrons. The van der Waals surface area contributed by atoms with Gasteiger partial charge in [0.25, 0.3) is 10.0 Å². The van der Waals surface area contributed by atoms with Crippen LogP contribution in [0, 0.1) is 0 Å². The summed E-state index contributed by atoms with van der Waals surface area (Å²) >= 11 is 0. The molecule has 24 heavy (non-hydrogen) atoms. The third-order valence-electron chi connectivity index (χ3n) is 4.69. The van der Waals surface area contributed by atoms with Crippen LogP contribution in [0.25, 0.3) is 0 Å². The van der Waals surface area contributed by atoms with Gasteiger partial charge in [0.1, 0.15) is 0 Å². The first-order valence-electron chi connectivity index (χ1n) is 8.18. The smallest absolute Gasteiger partial charge is 0.264 e. The van der Waals surface area contributed by atoms with Crippen LogP contribution >= 0.6 is 0 Å². The van der Waals surface area contributed by atoms with Crippen molar-refractivity contribution in [2.45, 2.75) is 43.6 Å². The Kier molecular flexibility index (Phi) is 4.18. The second kappa shape index (κ2) is 5.90. The summed E-state index contributed by atoms with van der Waals surface area (Å²) in [7, 11) is -3.65. The van der Waals surface area contributed by atoms with Gasteiger partial charge in [-0.2, -0.15) is 0 Å². The van der Waals surface area contributed by atoms with Gasteiger partial charge in [-0.15, -0.1) is 0 Å². The Bertz CT molecular complexity index is 839. The molecule has 4 nitrogen and oxygen atoms in total. The number of nitrogens with zero attached hydrogens (tertiary/aromatic N) is 1. The summed E-state index contributed by atoms with van der Waals surface area (Å²) < 4.78 is 27.6. The Morgan fingerprint density at radius 3 is 2.33 bits per heavy atom. The summed E-state index contributed by atoms with van der Waals surface area (Å²) in [5, 5.41) is 10.6. The van der Waals surface area contributed by atoms with E-state index in [4.69, 9.17) is 0 Å². The van der Waals surface area contributed by atoms with E-state index in [0.717, 1.165) is 5.56 Å². The van der Waals surface area contributed by atoms with E-state index in [2.05, 4.69) is 13.8 Å². The van der Waals surface area contributed by atoms with Crippen LogP contribution < -0.4 is 4.31 Å². The predicted molar refractivity (Wildman–Crippen MR) is 95.7 cm³/mol. The molecule has 0 bridgehead atoms. The van der Waals surface area contributed by atoms with Crippen LogP contribution in [0.2, 0.25) is 0 Å². The molecule has 2 aromatic rings. The first-order chi connectivity index (χ1) is 11.2. The zero-order chi connectivity index (χ0) is 17.5. The molecule has 0 aromatic heterocycles. The van der Waals surface area contributed by atoms with E-state index in [-0.39, 0.29) is 11.4 Å². The van der Waals surface area contributed by atoms with Crippen LogP contribution in [0.1, 0.15) is 44.2 Å². The highest BCUT2D eigenvalue weighted by Crippen LogP contribution is 2.40. The van der Waals surface area contributed by atoms with Gasteiger partial charge in [-0.25, -0.2) is 8.42 Å². The first-order valence-corrected chi connectivity index (χ1v) is 9.62. The molecule has 3 rings (SSSR count). The first kappa shape index (κ1) is 17.0. The summed E-state index contributed by atoms with van der Waals surface area (Å²) in [6.45, 7) is 6.14.